The standard InChI is InChI=1S/C33H40O8/c1-19-11-25-23(13-28(19)35)12-24(16-39-15-21-7-5-4-6-8-21)26(17-40-33-32(37)20(2)29(36)18-41-33)31(25)22-9-10-27(34)30(14-22)38-3/h4-11,13-14,20,24,26,29,31-37H,12,15-18H2,1-3H3/t20-,24+,26+,29+,31?,32+,33+/m0/s1. The summed E-state index contributed by atoms with van der Waals surface area (Å²) in [5.41, 5.74) is 4.87. The molecule has 0 amide bonds. The van der Waals surface area contributed by atoms with E-state index in [1.165, 1.54) is 7.11 Å². The Hall–Kier alpha value is -3.14. The molecule has 5 rings (SSSR count). The molecule has 0 aromatic heterocycles. The molecule has 2 aliphatic rings. The van der Waals surface area contributed by atoms with Crippen molar-refractivity contribution in [3.05, 3.63) is 88.5 Å². The van der Waals surface area contributed by atoms with Crippen LogP contribution < -0.4 is 4.74 Å². The predicted molar refractivity (Wildman–Crippen MR) is 153 cm³/mol. The SMILES string of the molecule is COc1cc(C2c3cc(C)c(O)cc3C[C@H](COCc3ccccc3)[C@H]2CO[C@@H]2OC[C@@H](O)[C@H](C)[C@H]2O)ccc1O. The van der Waals surface area contributed by atoms with Crippen LogP contribution in [0.3, 0.4) is 0 Å². The van der Waals surface area contributed by atoms with Crippen molar-refractivity contribution in [3.63, 3.8) is 0 Å². The molecule has 3 aromatic carbocycles. The number of ether oxygens (including phenoxy) is 4. The molecular formula is C33H40O8. The van der Waals surface area contributed by atoms with Gasteiger partial charge in [0.2, 0.25) is 0 Å². The third kappa shape index (κ3) is 6.37. The molecule has 0 radical (unpaired) electrons. The van der Waals surface area contributed by atoms with E-state index in [2.05, 4.69) is 0 Å². The molecule has 1 aliphatic heterocycles. The van der Waals surface area contributed by atoms with E-state index in [-0.39, 0.29) is 48.4 Å². The van der Waals surface area contributed by atoms with Gasteiger partial charge in [0.1, 0.15) is 11.9 Å². The van der Waals surface area contributed by atoms with Crippen molar-refractivity contribution in [3.8, 4) is 17.2 Å². The molecule has 0 bridgehead atoms. The molecule has 4 N–H and O–H groups in total. The number of methoxy groups -OCH3 is 1. The minimum atomic E-state index is -0.964. The average molecular weight is 565 g/mol. The summed E-state index contributed by atoms with van der Waals surface area (Å²) in [7, 11) is 1.52. The molecule has 8 heteroatoms. The lowest BCUT2D eigenvalue weighted by atomic mass is 9.66. The Morgan fingerprint density at radius 2 is 1.73 bits per heavy atom. The number of hydrogen-bond donors (Lipinski definition) is 4. The largest absolute Gasteiger partial charge is 0.508 e. The number of phenols is 2. The average Bonchev–Trinajstić information content (AvgIpc) is 2.97. The normalized spacial score (nSPS) is 27.8. The topological polar surface area (TPSA) is 118 Å². The zero-order chi connectivity index (χ0) is 29.1. The van der Waals surface area contributed by atoms with Crippen molar-refractivity contribution in [2.45, 2.75) is 51.3 Å². The highest BCUT2D eigenvalue weighted by atomic mass is 16.7. The molecular weight excluding hydrogens is 524 g/mol. The lowest BCUT2D eigenvalue weighted by Crippen LogP contribution is -2.50. The Bertz CT molecular complexity index is 1310. The van der Waals surface area contributed by atoms with E-state index in [1.807, 2.05) is 61.5 Å². The lowest BCUT2D eigenvalue weighted by molar-refractivity contribution is -0.259. The summed E-state index contributed by atoms with van der Waals surface area (Å²) in [5.74, 6) is 0.00809. The highest BCUT2D eigenvalue weighted by molar-refractivity contribution is 5.51. The molecule has 8 nitrogen and oxygen atoms in total. The van der Waals surface area contributed by atoms with Gasteiger partial charge in [0.05, 0.1) is 39.6 Å². The van der Waals surface area contributed by atoms with Crippen LogP contribution in [0.1, 0.15) is 40.7 Å². The van der Waals surface area contributed by atoms with Crippen molar-refractivity contribution >= 4 is 0 Å². The van der Waals surface area contributed by atoms with Crippen molar-refractivity contribution in [2.75, 3.05) is 26.9 Å². The van der Waals surface area contributed by atoms with Gasteiger partial charge >= 0.3 is 0 Å². The fraction of sp³-hybridized carbons (Fsp3) is 0.455. The van der Waals surface area contributed by atoms with Crippen molar-refractivity contribution in [1.82, 2.24) is 0 Å². The maximum Gasteiger partial charge on any atom is 0.183 e. The third-order valence-electron chi connectivity index (χ3n) is 8.62. The van der Waals surface area contributed by atoms with Gasteiger partial charge < -0.3 is 39.4 Å². The molecule has 1 heterocycles. The highest BCUT2D eigenvalue weighted by Crippen LogP contribution is 2.47. The first-order valence-electron chi connectivity index (χ1n) is 14.2. The first kappa shape index (κ1) is 29.4. The molecule has 1 aliphatic carbocycles. The third-order valence-corrected chi connectivity index (χ3v) is 8.62. The molecule has 1 fully saturated rings. The fourth-order valence-corrected chi connectivity index (χ4v) is 6.07. The van der Waals surface area contributed by atoms with Gasteiger partial charge in [0, 0.05) is 11.8 Å². The van der Waals surface area contributed by atoms with E-state index in [1.54, 1.807) is 13.0 Å². The molecule has 0 spiro atoms. The maximum atomic E-state index is 10.8. The number of rotatable bonds is 9. The van der Waals surface area contributed by atoms with Crippen LogP contribution in [-0.2, 0) is 27.2 Å². The van der Waals surface area contributed by atoms with E-state index in [4.69, 9.17) is 18.9 Å². The molecule has 1 saturated heterocycles. The number of fused-ring (bicyclic) bond motifs is 1. The number of aliphatic hydroxyl groups is 2. The van der Waals surface area contributed by atoms with E-state index in [0.717, 1.165) is 27.8 Å². The fourth-order valence-electron chi connectivity index (χ4n) is 6.07. The van der Waals surface area contributed by atoms with Crippen LogP contribution in [0.4, 0.5) is 0 Å². The summed E-state index contributed by atoms with van der Waals surface area (Å²) in [6.45, 7) is 4.93. The van der Waals surface area contributed by atoms with Gasteiger partial charge in [-0.25, -0.2) is 0 Å². The summed E-state index contributed by atoms with van der Waals surface area (Å²) in [6.07, 6.45) is -1.91. The number of aryl methyl sites for hydroxylation is 1. The Balaban J connectivity index is 1.50. The molecule has 0 saturated carbocycles. The zero-order valence-electron chi connectivity index (χ0n) is 23.8. The van der Waals surface area contributed by atoms with Crippen molar-refractivity contribution < 1.29 is 39.4 Å². The summed E-state index contributed by atoms with van der Waals surface area (Å²) in [4.78, 5) is 0. The maximum absolute atomic E-state index is 10.8. The van der Waals surface area contributed by atoms with Gasteiger partial charge in [-0.3, -0.25) is 0 Å². The van der Waals surface area contributed by atoms with Gasteiger partial charge in [-0.1, -0.05) is 49.4 Å². The number of phenolic OH excluding ortho intramolecular Hbond substituents is 2. The van der Waals surface area contributed by atoms with Gasteiger partial charge in [0.25, 0.3) is 0 Å². The van der Waals surface area contributed by atoms with Crippen LogP contribution in [0, 0.1) is 24.7 Å². The second-order valence-electron chi connectivity index (χ2n) is 11.3. The number of aliphatic hydroxyl groups excluding tert-OH is 2. The first-order chi connectivity index (χ1) is 19.8. The molecule has 7 atom stereocenters. The van der Waals surface area contributed by atoms with Crippen LogP contribution in [-0.4, -0.2) is 65.9 Å². The van der Waals surface area contributed by atoms with E-state index in [9.17, 15) is 20.4 Å². The van der Waals surface area contributed by atoms with Crippen molar-refractivity contribution in [1.29, 1.82) is 0 Å². The van der Waals surface area contributed by atoms with Gasteiger partial charge in [-0.05, 0) is 71.2 Å². The quantitative estimate of drug-likeness (QED) is 0.304. The van der Waals surface area contributed by atoms with E-state index in [0.29, 0.717) is 25.4 Å². The number of hydrogen-bond acceptors (Lipinski definition) is 8. The van der Waals surface area contributed by atoms with Crippen LogP contribution in [0.15, 0.2) is 60.7 Å². The van der Waals surface area contributed by atoms with E-state index >= 15 is 0 Å². The summed E-state index contributed by atoms with van der Waals surface area (Å²) in [6, 6.07) is 19.2. The summed E-state index contributed by atoms with van der Waals surface area (Å²) < 4.78 is 23.7. The van der Waals surface area contributed by atoms with Crippen LogP contribution in [0.25, 0.3) is 0 Å². The summed E-state index contributed by atoms with van der Waals surface area (Å²) >= 11 is 0. The Morgan fingerprint density at radius 3 is 2.49 bits per heavy atom. The van der Waals surface area contributed by atoms with Gasteiger partial charge in [-0.2, -0.15) is 0 Å². The predicted octanol–water partition coefficient (Wildman–Crippen LogP) is 4.28. The Morgan fingerprint density at radius 1 is 0.951 bits per heavy atom. The Kier molecular flexibility index (Phi) is 9.16. The molecule has 220 valence electrons. The number of benzene rings is 3. The van der Waals surface area contributed by atoms with Crippen LogP contribution in [0.5, 0.6) is 17.2 Å². The zero-order valence-corrected chi connectivity index (χ0v) is 23.8. The minimum absolute atomic E-state index is 0.00173. The smallest absolute Gasteiger partial charge is 0.183 e. The first-order valence-corrected chi connectivity index (χ1v) is 14.2. The monoisotopic (exact) mass is 564 g/mol. The highest BCUT2D eigenvalue weighted by Gasteiger charge is 2.41. The molecule has 41 heavy (non-hydrogen) atoms. The minimum Gasteiger partial charge on any atom is -0.508 e. The van der Waals surface area contributed by atoms with Gasteiger partial charge in [0.15, 0.2) is 17.8 Å². The lowest BCUT2D eigenvalue weighted by Gasteiger charge is -2.42. The van der Waals surface area contributed by atoms with Crippen LogP contribution in [0.2, 0.25) is 0 Å². The second-order valence-corrected chi connectivity index (χ2v) is 11.3. The van der Waals surface area contributed by atoms with Gasteiger partial charge in [-0.15, -0.1) is 0 Å². The van der Waals surface area contributed by atoms with Crippen LogP contribution >= 0.6 is 0 Å². The van der Waals surface area contributed by atoms with Crippen molar-refractivity contribution in [2.24, 2.45) is 17.8 Å². The second kappa shape index (κ2) is 12.8. The summed E-state index contributed by atoms with van der Waals surface area (Å²) in [5, 5.41) is 41.8. The Labute approximate surface area is 241 Å². The van der Waals surface area contributed by atoms with E-state index < -0.39 is 18.5 Å². The number of aromatic hydroxyl groups is 2. The molecule has 1 unspecified atom stereocenters. The molecule has 3 aromatic rings.